The van der Waals surface area contributed by atoms with Gasteiger partial charge in [0.05, 0.1) is 23.9 Å². The van der Waals surface area contributed by atoms with Gasteiger partial charge in [-0.05, 0) is 61.6 Å². The molecule has 7 heteroatoms. The third-order valence-electron chi connectivity index (χ3n) is 4.04. The summed E-state index contributed by atoms with van der Waals surface area (Å²) in [7, 11) is -2.16. The molecule has 2 aromatic rings. The molecule has 1 aromatic heterocycles. The predicted molar refractivity (Wildman–Crippen MR) is 105 cm³/mol. The van der Waals surface area contributed by atoms with Crippen LogP contribution in [0.2, 0.25) is 0 Å². The van der Waals surface area contributed by atoms with E-state index in [9.17, 15) is 8.42 Å². The molecule has 0 radical (unpaired) electrons. The van der Waals surface area contributed by atoms with E-state index in [1.54, 1.807) is 38.4 Å². The molecule has 0 aliphatic rings. The molecule has 0 amide bonds. The first-order chi connectivity index (χ1) is 12.2. The Morgan fingerprint density at radius 1 is 1.15 bits per heavy atom. The fourth-order valence-electron chi connectivity index (χ4n) is 2.53. The molecule has 2 rings (SSSR count). The number of aryl methyl sites for hydroxylation is 2. The maximum Gasteiger partial charge on any atom is 0.263 e. The largest absolute Gasteiger partial charge is 0.496 e. The predicted octanol–water partition coefficient (Wildman–Crippen LogP) is 3.97. The Kier molecular flexibility index (Phi) is 6.47. The maximum absolute atomic E-state index is 12.7. The number of pyridine rings is 1. The summed E-state index contributed by atoms with van der Waals surface area (Å²) >= 11 is 0. The van der Waals surface area contributed by atoms with Crippen LogP contribution in [0.4, 0.5) is 11.5 Å². The second kappa shape index (κ2) is 8.40. The second-order valence-electron chi connectivity index (χ2n) is 6.73. The summed E-state index contributed by atoms with van der Waals surface area (Å²) in [6.45, 7) is 8.74. The summed E-state index contributed by atoms with van der Waals surface area (Å²) in [5, 5.41) is 3.27. The lowest BCUT2D eigenvalue weighted by Gasteiger charge is -2.13. The molecule has 6 nitrogen and oxygen atoms in total. The van der Waals surface area contributed by atoms with Crippen LogP contribution in [0.15, 0.2) is 35.4 Å². The van der Waals surface area contributed by atoms with Gasteiger partial charge in [-0.2, -0.15) is 0 Å². The highest BCUT2D eigenvalue weighted by molar-refractivity contribution is 7.92. The van der Waals surface area contributed by atoms with E-state index < -0.39 is 10.0 Å². The number of nitrogens with one attached hydrogen (secondary N) is 2. The monoisotopic (exact) mass is 377 g/mol. The molecule has 0 saturated carbocycles. The molecule has 0 aliphatic heterocycles. The van der Waals surface area contributed by atoms with E-state index in [2.05, 4.69) is 28.9 Å². The molecule has 2 N–H and O–H groups in total. The van der Waals surface area contributed by atoms with Crippen molar-refractivity contribution in [1.29, 1.82) is 0 Å². The van der Waals surface area contributed by atoms with Gasteiger partial charge in [0, 0.05) is 6.54 Å². The first-order valence-corrected chi connectivity index (χ1v) is 10.1. The Morgan fingerprint density at radius 2 is 1.88 bits per heavy atom. The van der Waals surface area contributed by atoms with E-state index in [0.29, 0.717) is 17.2 Å². The van der Waals surface area contributed by atoms with Gasteiger partial charge in [-0.3, -0.25) is 4.72 Å². The van der Waals surface area contributed by atoms with Gasteiger partial charge in [0.15, 0.2) is 0 Å². The topological polar surface area (TPSA) is 80.3 Å². The van der Waals surface area contributed by atoms with E-state index in [0.717, 1.165) is 24.2 Å². The summed E-state index contributed by atoms with van der Waals surface area (Å²) in [4.78, 5) is 4.41. The summed E-state index contributed by atoms with van der Waals surface area (Å²) < 4.78 is 33.2. The van der Waals surface area contributed by atoms with Gasteiger partial charge in [0.1, 0.15) is 11.6 Å². The van der Waals surface area contributed by atoms with Crippen LogP contribution in [0.5, 0.6) is 5.75 Å². The van der Waals surface area contributed by atoms with Gasteiger partial charge in [0.25, 0.3) is 10.0 Å². The molecule has 0 spiro atoms. The molecular formula is C19H27N3O3S. The molecule has 142 valence electrons. The van der Waals surface area contributed by atoms with E-state index in [1.807, 2.05) is 13.0 Å². The van der Waals surface area contributed by atoms with Crippen molar-refractivity contribution in [2.45, 2.75) is 39.0 Å². The molecule has 0 unspecified atom stereocenters. The molecule has 1 aromatic carbocycles. The minimum atomic E-state index is -3.72. The molecule has 26 heavy (non-hydrogen) atoms. The fourth-order valence-corrected chi connectivity index (χ4v) is 3.85. The molecule has 0 atom stereocenters. The number of sulfonamides is 1. The minimum Gasteiger partial charge on any atom is -0.496 e. The summed E-state index contributed by atoms with van der Waals surface area (Å²) in [5.74, 6) is 1.57. The zero-order chi connectivity index (χ0) is 19.3. The molecular weight excluding hydrogens is 350 g/mol. The molecule has 1 heterocycles. The number of rotatable bonds is 8. The van der Waals surface area contributed by atoms with Gasteiger partial charge in [-0.25, -0.2) is 13.4 Å². The number of anilines is 2. The smallest absolute Gasteiger partial charge is 0.263 e. The molecule has 0 bridgehead atoms. The average molecular weight is 378 g/mol. The van der Waals surface area contributed by atoms with Crippen molar-refractivity contribution >= 4 is 21.5 Å². The summed E-state index contributed by atoms with van der Waals surface area (Å²) in [6, 6.07) is 6.80. The lowest BCUT2D eigenvalue weighted by Crippen LogP contribution is -2.15. The van der Waals surface area contributed by atoms with Crippen LogP contribution in [0.3, 0.4) is 0 Å². The number of ether oxygens (including phenoxy) is 1. The van der Waals surface area contributed by atoms with Crippen molar-refractivity contribution in [2.75, 3.05) is 23.7 Å². The van der Waals surface area contributed by atoms with E-state index in [-0.39, 0.29) is 10.7 Å². The highest BCUT2D eigenvalue weighted by Gasteiger charge is 2.19. The van der Waals surface area contributed by atoms with Gasteiger partial charge < -0.3 is 10.1 Å². The van der Waals surface area contributed by atoms with Crippen molar-refractivity contribution in [3.8, 4) is 5.75 Å². The van der Waals surface area contributed by atoms with Gasteiger partial charge in [-0.15, -0.1) is 0 Å². The molecule has 0 saturated heterocycles. The van der Waals surface area contributed by atoms with Crippen LogP contribution in [0.1, 0.15) is 31.4 Å². The Labute approximate surface area is 156 Å². The van der Waals surface area contributed by atoms with Crippen molar-refractivity contribution in [3.63, 3.8) is 0 Å². The number of methoxy groups -OCH3 is 1. The number of nitrogens with zero attached hydrogens (tertiary/aromatic N) is 1. The van der Waals surface area contributed by atoms with Crippen molar-refractivity contribution < 1.29 is 13.2 Å². The number of hydrogen-bond donors (Lipinski definition) is 2. The lowest BCUT2D eigenvalue weighted by atomic mass is 10.1. The van der Waals surface area contributed by atoms with Crippen molar-refractivity contribution in [3.05, 3.63) is 41.6 Å². The van der Waals surface area contributed by atoms with Crippen LogP contribution in [0.25, 0.3) is 0 Å². The van der Waals surface area contributed by atoms with E-state index in [4.69, 9.17) is 4.74 Å². The highest BCUT2D eigenvalue weighted by atomic mass is 32.2. The molecule has 0 fully saturated rings. The summed E-state index contributed by atoms with van der Waals surface area (Å²) in [5.41, 5.74) is 2.24. The number of hydrogen-bond acceptors (Lipinski definition) is 5. The highest BCUT2D eigenvalue weighted by Crippen LogP contribution is 2.26. The van der Waals surface area contributed by atoms with Crippen molar-refractivity contribution in [2.24, 2.45) is 5.92 Å². The maximum atomic E-state index is 12.7. The average Bonchev–Trinajstić information content (AvgIpc) is 2.57. The van der Waals surface area contributed by atoms with Crippen LogP contribution in [-0.4, -0.2) is 27.1 Å². The Hall–Kier alpha value is -2.28. The van der Waals surface area contributed by atoms with Crippen molar-refractivity contribution in [1.82, 2.24) is 4.98 Å². The zero-order valence-corrected chi connectivity index (χ0v) is 16.8. The number of benzene rings is 1. The summed E-state index contributed by atoms with van der Waals surface area (Å²) in [6.07, 6.45) is 2.69. The quantitative estimate of drug-likeness (QED) is 0.728. The zero-order valence-electron chi connectivity index (χ0n) is 16.0. The van der Waals surface area contributed by atoms with Crippen LogP contribution in [0, 0.1) is 19.8 Å². The third-order valence-corrected chi connectivity index (χ3v) is 5.53. The van der Waals surface area contributed by atoms with Crippen LogP contribution in [-0.2, 0) is 10.0 Å². The SMILES string of the molecule is COc1cc(C)c(S(=O)(=O)Nc2ccc(NCCC(C)C)cn2)cc1C. The Morgan fingerprint density at radius 3 is 2.46 bits per heavy atom. The molecule has 0 aliphatic carbocycles. The first-order valence-electron chi connectivity index (χ1n) is 8.61. The van der Waals surface area contributed by atoms with E-state index in [1.165, 1.54) is 0 Å². The number of aromatic nitrogens is 1. The van der Waals surface area contributed by atoms with E-state index >= 15 is 0 Å². The standard InChI is InChI=1S/C19H27N3O3S/c1-13(2)8-9-20-16-6-7-19(21-12-16)22-26(23,24)18-11-14(3)17(25-5)10-15(18)4/h6-7,10-13,20H,8-9H2,1-5H3,(H,21,22). The van der Waals surface area contributed by atoms with Gasteiger partial charge in [-0.1, -0.05) is 13.8 Å². The van der Waals surface area contributed by atoms with Crippen LogP contribution >= 0.6 is 0 Å². The lowest BCUT2D eigenvalue weighted by molar-refractivity contribution is 0.411. The van der Waals surface area contributed by atoms with Gasteiger partial charge in [0.2, 0.25) is 0 Å². The van der Waals surface area contributed by atoms with Gasteiger partial charge >= 0.3 is 0 Å². The normalized spacial score (nSPS) is 11.5. The Balaban J connectivity index is 2.13. The fraction of sp³-hybridized carbons (Fsp3) is 0.421. The first kappa shape index (κ1) is 20.0. The third kappa shape index (κ3) is 5.11. The van der Waals surface area contributed by atoms with Crippen LogP contribution < -0.4 is 14.8 Å². The second-order valence-corrected chi connectivity index (χ2v) is 8.39. The minimum absolute atomic E-state index is 0.219. The Bertz CT molecular complexity index is 847.